The molecule has 2 amide bonds. The van der Waals surface area contributed by atoms with Crippen molar-refractivity contribution in [1.82, 2.24) is 10.7 Å². The molecule has 154 valence electrons. The number of furan rings is 2. The fraction of sp³-hybridized carbons (Fsp3) is 0.143. The van der Waals surface area contributed by atoms with Crippen molar-refractivity contribution in [2.24, 2.45) is 5.10 Å². The molecule has 0 aliphatic rings. The van der Waals surface area contributed by atoms with Crippen molar-refractivity contribution in [3.05, 3.63) is 71.9 Å². The molecule has 0 saturated heterocycles. The van der Waals surface area contributed by atoms with Crippen molar-refractivity contribution < 1.29 is 28.0 Å². The summed E-state index contributed by atoms with van der Waals surface area (Å²) in [6.07, 6.45) is 2.74. The van der Waals surface area contributed by atoms with E-state index in [0.717, 1.165) is 5.56 Å². The Balaban J connectivity index is 1.52. The standard InChI is InChI=1S/C21H19N3O6/c1-2-28-21(27)15-7-5-14(6-8-15)18-10-9-17(30-18)13-23-24-20(26)19(25)22-12-16-4-3-11-29-16/h3-11,13H,2,12H2,1H3,(H,22,25)(H,24,26)/b23-13-. The van der Waals surface area contributed by atoms with Gasteiger partial charge in [-0.05, 0) is 43.3 Å². The first-order chi connectivity index (χ1) is 14.6. The Bertz CT molecular complexity index is 1040. The first-order valence-corrected chi connectivity index (χ1v) is 9.08. The van der Waals surface area contributed by atoms with Crippen LogP contribution in [0, 0.1) is 0 Å². The average molecular weight is 409 g/mol. The van der Waals surface area contributed by atoms with Crippen molar-refractivity contribution in [3.63, 3.8) is 0 Å². The molecule has 9 heteroatoms. The van der Waals surface area contributed by atoms with E-state index in [-0.39, 0.29) is 12.5 Å². The highest BCUT2D eigenvalue weighted by molar-refractivity contribution is 6.35. The number of ether oxygens (including phenoxy) is 1. The lowest BCUT2D eigenvalue weighted by atomic mass is 10.1. The predicted molar refractivity (Wildman–Crippen MR) is 106 cm³/mol. The number of carbonyl (C=O) groups excluding carboxylic acids is 3. The second kappa shape index (κ2) is 9.87. The van der Waals surface area contributed by atoms with E-state index >= 15 is 0 Å². The molecule has 0 spiro atoms. The minimum atomic E-state index is -0.917. The van der Waals surface area contributed by atoms with Gasteiger partial charge in [-0.2, -0.15) is 5.10 Å². The Hall–Kier alpha value is -4.14. The van der Waals surface area contributed by atoms with Gasteiger partial charge in [0.1, 0.15) is 17.3 Å². The molecule has 0 bridgehead atoms. The Morgan fingerprint density at radius 3 is 2.57 bits per heavy atom. The van der Waals surface area contributed by atoms with E-state index in [2.05, 4.69) is 15.8 Å². The number of carbonyl (C=O) groups is 3. The smallest absolute Gasteiger partial charge is 0.338 e. The number of amides is 2. The lowest BCUT2D eigenvalue weighted by Crippen LogP contribution is -2.37. The molecule has 0 saturated carbocycles. The van der Waals surface area contributed by atoms with Crippen molar-refractivity contribution in [2.45, 2.75) is 13.5 Å². The number of benzene rings is 1. The van der Waals surface area contributed by atoms with Crippen molar-refractivity contribution in [2.75, 3.05) is 6.61 Å². The molecule has 2 heterocycles. The molecule has 3 aromatic rings. The zero-order valence-electron chi connectivity index (χ0n) is 16.1. The summed E-state index contributed by atoms with van der Waals surface area (Å²) in [4.78, 5) is 35.1. The highest BCUT2D eigenvalue weighted by atomic mass is 16.5. The van der Waals surface area contributed by atoms with Gasteiger partial charge in [0.05, 0.1) is 31.2 Å². The normalized spacial score (nSPS) is 10.7. The zero-order valence-corrected chi connectivity index (χ0v) is 16.1. The van der Waals surface area contributed by atoms with Crippen LogP contribution in [0.25, 0.3) is 11.3 Å². The second-order valence-electron chi connectivity index (χ2n) is 5.96. The molecule has 0 aliphatic carbocycles. The topological polar surface area (TPSA) is 123 Å². The molecule has 0 unspecified atom stereocenters. The first-order valence-electron chi connectivity index (χ1n) is 9.08. The minimum Gasteiger partial charge on any atom is -0.467 e. The third-order valence-corrected chi connectivity index (χ3v) is 3.87. The van der Waals surface area contributed by atoms with E-state index < -0.39 is 11.8 Å². The van der Waals surface area contributed by atoms with Gasteiger partial charge in [-0.25, -0.2) is 10.2 Å². The molecule has 0 fully saturated rings. The van der Waals surface area contributed by atoms with E-state index in [1.807, 2.05) is 0 Å². The van der Waals surface area contributed by atoms with Crippen LogP contribution in [0.2, 0.25) is 0 Å². The van der Waals surface area contributed by atoms with Gasteiger partial charge in [0.2, 0.25) is 0 Å². The van der Waals surface area contributed by atoms with Gasteiger partial charge in [0, 0.05) is 5.56 Å². The summed E-state index contributed by atoms with van der Waals surface area (Å²) in [5.41, 5.74) is 3.32. The summed E-state index contributed by atoms with van der Waals surface area (Å²) in [7, 11) is 0. The summed E-state index contributed by atoms with van der Waals surface area (Å²) in [6, 6.07) is 13.5. The fourth-order valence-corrected chi connectivity index (χ4v) is 2.43. The lowest BCUT2D eigenvalue weighted by Gasteiger charge is -2.02. The van der Waals surface area contributed by atoms with Crippen LogP contribution < -0.4 is 10.7 Å². The molecule has 0 aliphatic heterocycles. The SMILES string of the molecule is CCOC(=O)c1ccc(-c2ccc(/C=N\NC(=O)C(=O)NCc3ccco3)o2)cc1. The van der Waals surface area contributed by atoms with E-state index in [9.17, 15) is 14.4 Å². The second-order valence-corrected chi connectivity index (χ2v) is 5.96. The number of nitrogens with one attached hydrogen (secondary N) is 2. The van der Waals surface area contributed by atoms with Crippen LogP contribution in [-0.4, -0.2) is 30.6 Å². The maximum absolute atomic E-state index is 11.7. The van der Waals surface area contributed by atoms with Crippen molar-refractivity contribution in [3.8, 4) is 11.3 Å². The van der Waals surface area contributed by atoms with Crippen molar-refractivity contribution in [1.29, 1.82) is 0 Å². The summed E-state index contributed by atoms with van der Waals surface area (Å²) < 4.78 is 15.6. The number of esters is 1. The molecule has 9 nitrogen and oxygen atoms in total. The van der Waals surface area contributed by atoms with Crippen LogP contribution in [-0.2, 0) is 20.9 Å². The highest BCUT2D eigenvalue weighted by Gasteiger charge is 2.13. The van der Waals surface area contributed by atoms with Gasteiger partial charge < -0.3 is 18.9 Å². The quantitative estimate of drug-likeness (QED) is 0.267. The van der Waals surface area contributed by atoms with Crippen LogP contribution in [0.15, 0.2) is 68.7 Å². The Morgan fingerprint density at radius 1 is 1.07 bits per heavy atom. The summed E-state index contributed by atoms with van der Waals surface area (Å²) >= 11 is 0. The average Bonchev–Trinajstić information content (AvgIpc) is 3.44. The summed E-state index contributed by atoms with van der Waals surface area (Å²) in [5, 5.41) is 6.11. The molecule has 2 N–H and O–H groups in total. The van der Waals surface area contributed by atoms with Crippen LogP contribution in [0.4, 0.5) is 0 Å². The van der Waals surface area contributed by atoms with E-state index in [0.29, 0.717) is 29.5 Å². The molecular weight excluding hydrogens is 390 g/mol. The zero-order chi connectivity index (χ0) is 21.3. The molecule has 0 atom stereocenters. The van der Waals surface area contributed by atoms with Gasteiger partial charge in [-0.15, -0.1) is 0 Å². The summed E-state index contributed by atoms with van der Waals surface area (Å²) in [6.45, 7) is 2.15. The molecule has 2 aromatic heterocycles. The molecule has 3 rings (SSSR count). The van der Waals surface area contributed by atoms with E-state index in [1.54, 1.807) is 55.5 Å². The van der Waals surface area contributed by atoms with Crippen molar-refractivity contribution >= 4 is 24.0 Å². The molecular formula is C21H19N3O6. The first kappa shape index (κ1) is 20.6. The number of rotatable bonds is 7. The minimum absolute atomic E-state index is 0.0967. The largest absolute Gasteiger partial charge is 0.467 e. The van der Waals surface area contributed by atoms with Gasteiger partial charge in [0.15, 0.2) is 0 Å². The van der Waals surface area contributed by atoms with Crippen LogP contribution in [0.5, 0.6) is 0 Å². The third kappa shape index (κ3) is 5.44. The number of hydrogen-bond donors (Lipinski definition) is 2. The van der Waals surface area contributed by atoms with Crippen LogP contribution in [0.3, 0.4) is 0 Å². The van der Waals surface area contributed by atoms with Gasteiger partial charge in [0.25, 0.3) is 0 Å². The van der Waals surface area contributed by atoms with E-state index in [4.69, 9.17) is 13.6 Å². The van der Waals surface area contributed by atoms with Crippen LogP contribution in [0.1, 0.15) is 28.8 Å². The van der Waals surface area contributed by atoms with Gasteiger partial charge in [-0.3, -0.25) is 9.59 Å². The van der Waals surface area contributed by atoms with E-state index in [1.165, 1.54) is 12.5 Å². The Kier molecular flexibility index (Phi) is 6.78. The summed E-state index contributed by atoms with van der Waals surface area (Å²) in [5.74, 6) is -0.701. The highest BCUT2D eigenvalue weighted by Crippen LogP contribution is 2.22. The number of hydrogen-bond acceptors (Lipinski definition) is 7. The maximum atomic E-state index is 11.7. The monoisotopic (exact) mass is 409 g/mol. The number of nitrogens with zero attached hydrogens (tertiary/aromatic N) is 1. The lowest BCUT2D eigenvalue weighted by molar-refractivity contribution is -0.139. The predicted octanol–water partition coefficient (Wildman–Crippen LogP) is 2.48. The third-order valence-electron chi connectivity index (χ3n) is 3.87. The molecule has 1 aromatic carbocycles. The van der Waals surface area contributed by atoms with Gasteiger partial charge in [-0.1, -0.05) is 12.1 Å². The molecule has 0 radical (unpaired) electrons. The maximum Gasteiger partial charge on any atom is 0.338 e. The van der Waals surface area contributed by atoms with Crippen LogP contribution >= 0.6 is 0 Å². The number of hydrazone groups is 1. The Morgan fingerprint density at radius 2 is 1.87 bits per heavy atom. The molecule has 30 heavy (non-hydrogen) atoms. The Labute approximate surface area is 171 Å². The van der Waals surface area contributed by atoms with Gasteiger partial charge >= 0.3 is 17.8 Å². The fourth-order valence-electron chi connectivity index (χ4n) is 2.43.